The van der Waals surface area contributed by atoms with E-state index in [1.165, 1.54) is 11.1 Å². The number of anilines is 1. The van der Waals surface area contributed by atoms with Crippen LogP contribution in [0.1, 0.15) is 41.8 Å². The van der Waals surface area contributed by atoms with Crippen LogP contribution in [0.4, 0.5) is 5.69 Å². The van der Waals surface area contributed by atoms with Gasteiger partial charge in [0.2, 0.25) is 0 Å². The predicted molar refractivity (Wildman–Crippen MR) is 137 cm³/mol. The molecule has 35 heavy (non-hydrogen) atoms. The lowest BCUT2D eigenvalue weighted by molar-refractivity contribution is -0.137. The molecule has 2 heterocycles. The predicted octanol–water partition coefficient (Wildman–Crippen LogP) is 4.63. The number of hydrogen-bond acceptors (Lipinski definition) is 5. The van der Waals surface area contributed by atoms with E-state index in [-0.39, 0.29) is 12.3 Å². The molecule has 0 spiro atoms. The maximum atomic E-state index is 11.2. The highest BCUT2D eigenvalue weighted by Crippen LogP contribution is 2.38. The summed E-state index contributed by atoms with van der Waals surface area (Å²) in [4.78, 5) is 16.1. The highest BCUT2D eigenvalue weighted by atomic mass is 16.5. The van der Waals surface area contributed by atoms with Crippen molar-refractivity contribution in [2.75, 3.05) is 19.0 Å². The molecule has 0 saturated carbocycles. The third-order valence-corrected chi connectivity index (χ3v) is 6.71. The van der Waals surface area contributed by atoms with Gasteiger partial charge in [0.05, 0.1) is 30.4 Å². The Morgan fingerprint density at radius 2 is 2.09 bits per heavy atom. The molecule has 1 aliphatic rings. The molecule has 5 rings (SSSR count). The van der Waals surface area contributed by atoms with Crippen LogP contribution in [-0.2, 0) is 17.8 Å². The number of benzene rings is 3. The van der Waals surface area contributed by atoms with E-state index in [0.29, 0.717) is 13.2 Å². The zero-order valence-electron chi connectivity index (χ0n) is 20.2. The van der Waals surface area contributed by atoms with Gasteiger partial charge in [-0.2, -0.15) is 0 Å². The maximum Gasteiger partial charge on any atom is 0.516 e. The van der Waals surface area contributed by atoms with Crippen molar-refractivity contribution in [3.8, 4) is 17.2 Å². The van der Waals surface area contributed by atoms with Gasteiger partial charge in [-0.25, -0.2) is 4.98 Å². The fourth-order valence-corrected chi connectivity index (χ4v) is 4.82. The van der Waals surface area contributed by atoms with Gasteiger partial charge in [-0.1, -0.05) is 25.1 Å². The van der Waals surface area contributed by atoms with Crippen LogP contribution in [0.3, 0.4) is 0 Å². The Morgan fingerprint density at radius 3 is 2.86 bits per heavy atom. The lowest BCUT2D eigenvalue weighted by Gasteiger charge is -2.16. The van der Waals surface area contributed by atoms with Crippen LogP contribution in [0.15, 0.2) is 54.6 Å². The molecule has 0 unspecified atom stereocenters. The van der Waals surface area contributed by atoms with E-state index >= 15 is 0 Å². The third kappa shape index (κ3) is 4.30. The molecule has 4 aromatic rings. The second kappa shape index (κ2) is 9.33. The first-order valence-corrected chi connectivity index (χ1v) is 11.9. The number of carbonyl (C=O) groups excluding carboxylic acids is 1. The molecule has 180 valence electrons. The number of nitrogens with zero attached hydrogens (tertiary/aromatic N) is 2. The molecule has 1 aromatic heterocycles. The van der Waals surface area contributed by atoms with E-state index in [4.69, 9.17) is 19.6 Å². The van der Waals surface area contributed by atoms with Crippen molar-refractivity contribution in [1.82, 2.24) is 9.55 Å². The molecule has 3 aromatic carbocycles. The van der Waals surface area contributed by atoms with Gasteiger partial charge in [-0.3, -0.25) is 4.57 Å². The van der Waals surface area contributed by atoms with Crippen molar-refractivity contribution >= 4 is 22.7 Å². The van der Waals surface area contributed by atoms with Crippen LogP contribution in [-0.4, -0.2) is 34.3 Å². The average molecular weight is 473 g/mol. The van der Waals surface area contributed by atoms with Crippen LogP contribution in [0.2, 0.25) is 0 Å². The number of nitrogens with one attached hydrogen (secondary N) is 1. The largest absolute Gasteiger partial charge is 0.565 e. The van der Waals surface area contributed by atoms with Crippen molar-refractivity contribution in [3.63, 3.8) is 0 Å². The Labute approximate surface area is 204 Å². The Balaban J connectivity index is 1.41. The lowest BCUT2D eigenvalue weighted by atomic mass is 9.98. The molecule has 1 aliphatic heterocycles. The number of fused-ring (bicyclic) bond motifs is 2. The highest BCUT2D eigenvalue weighted by molar-refractivity contribution is 5.80. The summed E-state index contributed by atoms with van der Waals surface area (Å²) in [6.45, 7) is 5.38. The summed E-state index contributed by atoms with van der Waals surface area (Å²) in [5, 5.41) is 10.8. The van der Waals surface area contributed by atoms with Crippen molar-refractivity contribution in [2.24, 2.45) is 0 Å². The molecular weight excluding hydrogens is 442 g/mol. The number of imidazole rings is 1. The van der Waals surface area contributed by atoms with Gasteiger partial charge in [0.15, 0.2) is 0 Å². The normalized spacial score (nSPS) is 14.5. The lowest BCUT2D eigenvalue weighted by Crippen LogP contribution is -2.07. The first-order chi connectivity index (χ1) is 17.0. The third-order valence-electron chi connectivity index (χ3n) is 6.71. The monoisotopic (exact) mass is 472 g/mol. The zero-order chi connectivity index (χ0) is 24.5. The van der Waals surface area contributed by atoms with E-state index in [0.717, 1.165) is 51.7 Å². The topological polar surface area (TPSA) is 88.3 Å². The molecule has 3 N–H and O–H groups in total. The van der Waals surface area contributed by atoms with Crippen LogP contribution < -0.4 is 14.8 Å². The van der Waals surface area contributed by atoms with Gasteiger partial charge >= 0.3 is 5.97 Å². The summed E-state index contributed by atoms with van der Waals surface area (Å²) < 4.78 is 13.4. The Kier molecular flexibility index (Phi) is 6.07. The number of methoxy groups -OCH3 is 1. The van der Waals surface area contributed by atoms with E-state index in [1.807, 2.05) is 30.3 Å². The van der Waals surface area contributed by atoms with Gasteiger partial charge in [0.1, 0.15) is 23.7 Å². The van der Waals surface area contributed by atoms with Gasteiger partial charge in [0.25, 0.3) is 0 Å². The van der Waals surface area contributed by atoms with E-state index < -0.39 is 5.97 Å². The highest BCUT2D eigenvalue weighted by Gasteiger charge is 2.29. The SMILES string of the molecule is CCc1nc2cc(OC)ccc2n1-c1cccc(CNc2ccc3c(c2)OC[C@H]3CC(=O)[OH2+])c1C. The van der Waals surface area contributed by atoms with Gasteiger partial charge in [-0.05, 0) is 42.3 Å². The maximum absolute atomic E-state index is 11.2. The number of rotatable bonds is 8. The van der Waals surface area contributed by atoms with E-state index in [9.17, 15) is 4.79 Å². The van der Waals surface area contributed by atoms with Crippen LogP contribution >= 0.6 is 0 Å². The van der Waals surface area contributed by atoms with Crippen LogP contribution in [0.25, 0.3) is 16.7 Å². The molecule has 0 fully saturated rings. The molecular formula is C28H30N3O4+. The Bertz CT molecular complexity index is 1410. The van der Waals surface area contributed by atoms with Crippen molar-refractivity contribution in [2.45, 2.75) is 39.2 Å². The number of aromatic nitrogens is 2. The minimum Gasteiger partial charge on any atom is -0.565 e. The van der Waals surface area contributed by atoms with Crippen molar-refractivity contribution < 1.29 is 19.4 Å². The molecule has 1 atom stereocenters. The quantitative estimate of drug-likeness (QED) is 0.378. The summed E-state index contributed by atoms with van der Waals surface area (Å²) in [5.41, 5.74) is 7.45. The van der Waals surface area contributed by atoms with Crippen molar-refractivity contribution in [1.29, 1.82) is 0 Å². The summed E-state index contributed by atoms with van der Waals surface area (Å²) >= 11 is 0. The average Bonchev–Trinajstić information content (AvgIpc) is 3.43. The summed E-state index contributed by atoms with van der Waals surface area (Å²) in [6.07, 6.45) is 1.02. The fraction of sp³-hybridized carbons (Fsp3) is 0.286. The smallest absolute Gasteiger partial charge is 0.516 e. The number of carbonyl (C=O) groups is 1. The first kappa shape index (κ1) is 22.8. The molecule has 0 radical (unpaired) electrons. The van der Waals surface area contributed by atoms with E-state index in [2.05, 4.69) is 48.0 Å². The van der Waals surface area contributed by atoms with Gasteiger partial charge < -0.3 is 19.9 Å². The second-order valence-electron chi connectivity index (χ2n) is 8.87. The summed E-state index contributed by atoms with van der Waals surface area (Å²) in [6, 6.07) is 18.4. The fourth-order valence-electron chi connectivity index (χ4n) is 4.82. The van der Waals surface area contributed by atoms with Crippen LogP contribution in [0.5, 0.6) is 11.5 Å². The summed E-state index contributed by atoms with van der Waals surface area (Å²) in [5.74, 6) is 2.02. The summed E-state index contributed by atoms with van der Waals surface area (Å²) in [7, 11) is 1.67. The minimum atomic E-state index is -0.556. The zero-order valence-corrected chi connectivity index (χ0v) is 20.2. The Morgan fingerprint density at radius 1 is 1.23 bits per heavy atom. The molecule has 0 saturated heterocycles. The number of ether oxygens (including phenoxy) is 2. The van der Waals surface area contributed by atoms with Crippen LogP contribution in [0, 0.1) is 6.92 Å². The number of aryl methyl sites for hydroxylation is 1. The molecule has 0 aliphatic carbocycles. The molecule has 0 amide bonds. The first-order valence-electron chi connectivity index (χ1n) is 11.9. The van der Waals surface area contributed by atoms with Gasteiger partial charge in [-0.15, -0.1) is 0 Å². The number of hydrogen-bond donors (Lipinski definition) is 1. The minimum absolute atomic E-state index is 0.0271. The van der Waals surface area contributed by atoms with Gasteiger partial charge in [0, 0.05) is 47.1 Å². The van der Waals surface area contributed by atoms with E-state index in [1.54, 1.807) is 7.11 Å². The standard InChI is InChI=1S/C28H29N3O4/c1-4-27-30-23-14-21(34-3)9-11-25(23)31(27)24-7-5-6-18(17(24)2)15-29-20-8-10-22-19(12-28(32)33)16-35-26(22)13-20/h5-11,13-14,19,29H,4,12,15-16H2,1-3H3,(H,32,33)/p+1/t19-/m1/s1. The molecule has 7 heteroatoms. The van der Waals surface area contributed by atoms with Crippen molar-refractivity contribution in [3.05, 3.63) is 77.1 Å². The molecule has 0 bridgehead atoms. The molecule has 7 nitrogen and oxygen atoms in total. The Hall–Kier alpha value is -4.00. The second-order valence-corrected chi connectivity index (χ2v) is 8.87.